The number of anilines is 1. The lowest BCUT2D eigenvalue weighted by molar-refractivity contribution is -0.276. The molecule has 1 amide bonds. The Morgan fingerprint density at radius 2 is 1.87 bits per heavy atom. The Labute approximate surface area is 296 Å². The number of nitrogens with one attached hydrogen (secondary N) is 2. The van der Waals surface area contributed by atoms with Crippen molar-refractivity contribution in [1.29, 1.82) is 0 Å². The molecule has 4 aromatic rings. The molecule has 0 saturated carbocycles. The summed E-state index contributed by atoms with van der Waals surface area (Å²) in [5.41, 5.74) is 1.58. The summed E-state index contributed by atoms with van der Waals surface area (Å²) in [6.45, 7) is 6.54. The molecular weight excluding hydrogens is 695 g/mol. The van der Waals surface area contributed by atoms with Crippen LogP contribution >= 0.6 is 0 Å². The third-order valence-corrected chi connectivity index (χ3v) is 7.96. The molecule has 5 rings (SSSR count). The predicted molar refractivity (Wildman–Crippen MR) is 181 cm³/mol. The maximum atomic E-state index is 14.3. The number of ether oxygens (including phenoxy) is 4. The number of carbonyl (C=O) groups excluding carboxylic acids is 1. The van der Waals surface area contributed by atoms with Crippen LogP contribution in [0.4, 0.5) is 32.4 Å². The SMILES string of the molecule is CC(C)(C)OC(=O)N(CCCCOCCNc1cc(-c2ccnc(=O)[nH]2)cc2c1cnn2C1CCCCO1)Cc1cc(F)c(OC(F)(F)F)c(F)c1. The van der Waals surface area contributed by atoms with E-state index in [1.165, 1.54) is 11.1 Å². The number of alkyl halides is 3. The fraction of sp³-hybridized carbons (Fsp3) is 0.486. The Balaban J connectivity index is 1.17. The molecule has 1 aliphatic rings. The molecular formula is C35H41F5N6O6. The molecule has 2 aromatic heterocycles. The zero-order valence-electron chi connectivity index (χ0n) is 29.0. The first-order valence-electron chi connectivity index (χ1n) is 16.9. The van der Waals surface area contributed by atoms with Crippen LogP contribution in [0.5, 0.6) is 5.75 Å². The van der Waals surface area contributed by atoms with E-state index in [4.69, 9.17) is 14.2 Å². The zero-order chi connectivity index (χ0) is 37.5. The maximum Gasteiger partial charge on any atom is 0.573 e. The van der Waals surface area contributed by atoms with Crippen molar-refractivity contribution in [3.8, 4) is 17.0 Å². The Morgan fingerprint density at radius 3 is 2.54 bits per heavy atom. The van der Waals surface area contributed by atoms with E-state index in [0.29, 0.717) is 57.0 Å². The Bertz CT molecular complexity index is 1860. The molecule has 0 spiro atoms. The molecule has 2 N–H and O–H groups in total. The molecule has 2 aromatic carbocycles. The number of benzene rings is 2. The number of rotatable bonds is 14. The summed E-state index contributed by atoms with van der Waals surface area (Å²) in [5, 5.41) is 8.90. The minimum Gasteiger partial charge on any atom is -0.444 e. The van der Waals surface area contributed by atoms with Crippen LogP contribution in [0.1, 0.15) is 64.7 Å². The second-order valence-corrected chi connectivity index (χ2v) is 13.2. The first-order chi connectivity index (χ1) is 24.7. The fourth-order valence-corrected chi connectivity index (χ4v) is 5.70. The molecule has 0 radical (unpaired) electrons. The minimum atomic E-state index is -5.28. The molecule has 3 heterocycles. The number of nitrogens with zero attached hydrogens (tertiary/aromatic N) is 4. The lowest BCUT2D eigenvalue weighted by Gasteiger charge is -2.27. The number of amides is 1. The van der Waals surface area contributed by atoms with Crippen molar-refractivity contribution in [1.82, 2.24) is 24.6 Å². The second-order valence-electron chi connectivity index (χ2n) is 13.2. The first-order valence-corrected chi connectivity index (χ1v) is 16.9. The second kappa shape index (κ2) is 16.7. The van der Waals surface area contributed by atoms with Gasteiger partial charge in [-0.2, -0.15) is 5.10 Å². The molecule has 1 aliphatic heterocycles. The number of H-pyrrole nitrogens is 1. The Morgan fingerprint density at radius 1 is 1.10 bits per heavy atom. The number of aromatic nitrogens is 4. The standard InChI is InChI=1S/C35H41F5N6O6/c1-34(2,3)52-33(48)45(21-22-16-25(36)31(26(37)17-22)51-35(38,39)40)12-5-7-13-49-15-11-41-28-18-23(27-9-10-42-32(47)44-27)19-29-24(28)20-43-46(29)30-8-4-6-14-50-30/h9-10,16-20,30,41H,4-8,11-15,21H2,1-3H3,(H,42,44,47). The summed E-state index contributed by atoms with van der Waals surface area (Å²) < 4.78 is 89.0. The monoisotopic (exact) mass is 736 g/mol. The third-order valence-electron chi connectivity index (χ3n) is 7.96. The van der Waals surface area contributed by atoms with Crippen molar-refractivity contribution in [2.75, 3.05) is 38.2 Å². The maximum absolute atomic E-state index is 14.3. The average molecular weight is 737 g/mol. The van der Waals surface area contributed by atoms with Gasteiger partial charge in [0, 0.05) is 55.7 Å². The predicted octanol–water partition coefficient (Wildman–Crippen LogP) is 7.31. The summed E-state index contributed by atoms with van der Waals surface area (Å²) in [6, 6.07) is 6.97. The van der Waals surface area contributed by atoms with Gasteiger partial charge in [0.1, 0.15) is 5.60 Å². The van der Waals surface area contributed by atoms with Crippen LogP contribution in [0.15, 0.2) is 47.5 Å². The summed E-state index contributed by atoms with van der Waals surface area (Å²) in [7, 11) is 0. The number of unbranched alkanes of at least 4 members (excludes halogenated alkanes) is 1. The molecule has 0 aliphatic carbocycles. The first kappa shape index (κ1) is 38.5. The molecule has 1 saturated heterocycles. The van der Waals surface area contributed by atoms with Crippen LogP contribution in [-0.4, -0.2) is 75.6 Å². The molecule has 1 unspecified atom stereocenters. The van der Waals surface area contributed by atoms with Crippen molar-refractivity contribution < 1.29 is 45.7 Å². The van der Waals surface area contributed by atoms with Crippen molar-refractivity contribution in [3.63, 3.8) is 0 Å². The van der Waals surface area contributed by atoms with Crippen LogP contribution in [0.3, 0.4) is 0 Å². The zero-order valence-corrected chi connectivity index (χ0v) is 29.0. The minimum absolute atomic E-state index is 0.0806. The highest BCUT2D eigenvalue weighted by molar-refractivity contribution is 5.95. The van der Waals surface area contributed by atoms with Crippen LogP contribution in [0.25, 0.3) is 22.2 Å². The van der Waals surface area contributed by atoms with E-state index < -0.39 is 41.1 Å². The lowest BCUT2D eigenvalue weighted by Crippen LogP contribution is -2.37. The quantitative estimate of drug-likeness (QED) is 0.101. The third kappa shape index (κ3) is 10.6. The number of carbonyl (C=O) groups is 1. The van der Waals surface area contributed by atoms with Gasteiger partial charge in [0.15, 0.2) is 17.9 Å². The summed E-state index contributed by atoms with van der Waals surface area (Å²) in [6.07, 6.45) is 0.814. The molecule has 52 heavy (non-hydrogen) atoms. The summed E-state index contributed by atoms with van der Waals surface area (Å²) in [4.78, 5) is 32.6. The van der Waals surface area contributed by atoms with Gasteiger partial charge in [-0.25, -0.2) is 28.0 Å². The topological polar surface area (TPSA) is 133 Å². The van der Waals surface area contributed by atoms with Crippen molar-refractivity contribution in [2.24, 2.45) is 0 Å². The van der Waals surface area contributed by atoms with Gasteiger partial charge >= 0.3 is 18.1 Å². The van der Waals surface area contributed by atoms with Gasteiger partial charge in [0.05, 0.1) is 24.0 Å². The van der Waals surface area contributed by atoms with E-state index in [1.807, 2.05) is 16.8 Å². The van der Waals surface area contributed by atoms with Crippen molar-refractivity contribution >= 4 is 22.7 Å². The average Bonchev–Trinajstić information content (AvgIpc) is 3.50. The number of hydrogen-bond donors (Lipinski definition) is 2. The van der Waals surface area contributed by atoms with Crippen LogP contribution < -0.4 is 15.7 Å². The van der Waals surface area contributed by atoms with Gasteiger partial charge in [0.25, 0.3) is 0 Å². The number of halogens is 5. The molecule has 282 valence electrons. The van der Waals surface area contributed by atoms with E-state index in [9.17, 15) is 31.5 Å². The van der Waals surface area contributed by atoms with E-state index in [0.717, 1.165) is 41.4 Å². The molecule has 17 heteroatoms. The summed E-state index contributed by atoms with van der Waals surface area (Å²) in [5.74, 6) is -4.67. The van der Waals surface area contributed by atoms with E-state index in [-0.39, 0.29) is 24.9 Å². The number of hydrogen-bond acceptors (Lipinski definition) is 9. The van der Waals surface area contributed by atoms with E-state index in [2.05, 4.69) is 25.1 Å². The number of fused-ring (bicyclic) bond motifs is 1. The van der Waals surface area contributed by atoms with Gasteiger partial charge in [-0.1, -0.05) is 0 Å². The van der Waals surface area contributed by atoms with Crippen molar-refractivity contribution in [2.45, 2.75) is 77.6 Å². The highest BCUT2D eigenvalue weighted by Crippen LogP contribution is 2.34. The molecule has 1 fully saturated rings. The Hall–Kier alpha value is -4.77. The van der Waals surface area contributed by atoms with Gasteiger partial charge in [0.2, 0.25) is 5.75 Å². The number of aromatic amines is 1. The highest BCUT2D eigenvalue weighted by Gasteiger charge is 2.34. The van der Waals surface area contributed by atoms with Gasteiger partial charge < -0.3 is 34.1 Å². The van der Waals surface area contributed by atoms with E-state index >= 15 is 0 Å². The molecule has 12 nitrogen and oxygen atoms in total. The highest BCUT2D eigenvalue weighted by atomic mass is 19.4. The fourth-order valence-electron chi connectivity index (χ4n) is 5.70. The Kier molecular flexibility index (Phi) is 12.4. The van der Waals surface area contributed by atoms with Crippen molar-refractivity contribution in [3.05, 3.63) is 70.4 Å². The smallest absolute Gasteiger partial charge is 0.444 e. The van der Waals surface area contributed by atoms with Crippen LogP contribution in [-0.2, 0) is 20.8 Å². The normalized spacial score (nSPS) is 15.1. The van der Waals surface area contributed by atoms with Gasteiger partial charge in [-0.15, -0.1) is 13.2 Å². The largest absolute Gasteiger partial charge is 0.573 e. The van der Waals surface area contributed by atoms with E-state index in [1.54, 1.807) is 33.0 Å². The molecule has 1 atom stereocenters. The van der Waals surface area contributed by atoms with Gasteiger partial charge in [-0.05, 0) is 88.8 Å². The molecule has 0 bridgehead atoms. The lowest BCUT2D eigenvalue weighted by atomic mass is 10.1. The summed E-state index contributed by atoms with van der Waals surface area (Å²) >= 11 is 0. The van der Waals surface area contributed by atoms with Gasteiger partial charge in [-0.3, -0.25) is 0 Å². The van der Waals surface area contributed by atoms with Crippen LogP contribution in [0.2, 0.25) is 0 Å². The van der Waals surface area contributed by atoms with Crippen LogP contribution in [0, 0.1) is 11.6 Å².